The molecule has 17 heavy (non-hydrogen) atoms. The Bertz CT molecular complexity index is 414. The third kappa shape index (κ3) is 3.34. The second-order valence-corrected chi connectivity index (χ2v) is 5.30. The summed E-state index contributed by atoms with van der Waals surface area (Å²) in [4.78, 5) is 0. The lowest BCUT2D eigenvalue weighted by Gasteiger charge is -2.23. The molecular formula is C15H23NO. The summed E-state index contributed by atoms with van der Waals surface area (Å²) in [6, 6.07) is 4.29. The Morgan fingerprint density at radius 1 is 1.29 bits per heavy atom. The molecule has 0 radical (unpaired) electrons. The minimum Gasteiger partial charge on any atom is -0.496 e. The zero-order valence-corrected chi connectivity index (χ0v) is 11.5. The van der Waals surface area contributed by atoms with Crippen LogP contribution >= 0.6 is 0 Å². The molecule has 0 unspecified atom stereocenters. The molecule has 2 nitrogen and oxygen atoms in total. The molecule has 0 heterocycles. The summed E-state index contributed by atoms with van der Waals surface area (Å²) < 4.78 is 5.46. The second kappa shape index (κ2) is 5.37. The molecule has 1 aromatic carbocycles. The van der Waals surface area contributed by atoms with Gasteiger partial charge in [-0.2, -0.15) is 0 Å². The molecule has 1 aromatic rings. The molecule has 94 valence electrons. The largest absolute Gasteiger partial charge is 0.496 e. The second-order valence-electron chi connectivity index (χ2n) is 5.30. The highest BCUT2D eigenvalue weighted by Crippen LogP contribution is 2.33. The number of benzene rings is 1. The summed E-state index contributed by atoms with van der Waals surface area (Å²) in [7, 11) is 1.72. The van der Waals surface area contributed by atoms with Gasteiger partial charge in [-0.15, -0.1) is 0 Å². The Balaban J connectivity index is 3.33. The van der Waals surface area contributed by atoms with E-state index in [0.717, 1.165) is 5.75 Å². The van der Waals surface area contributed by atoms with Gasteiger partial charge in [-0.25, -0.2) is 0 Å². The SMILES string of the molecule is COc1cc(C)c(/C=C/CN)cc1C(C)(C)C. The molecule has 0 aliphatic heterocycles. The van der Waals surface area contributed by atoms with Crippen LogP contribution in [0.15, 0.2) is 18.2 Å². The minimum absolute atomic E-state index is 0.0738. The lowest BCUT2D eigenvalue weighted by atomic mass is 9.84. The van der Waals surface area contributed by atoms with Gasteiger partial charge in [-0.05, 0) is 35.6 Å². The first-order chi connectivity index (χ1) is 7.90. The first kappa shape index (κ1) is 13.8. The summed E-state index contributed by atoms with van der Waals surface area (Å²) >= 11 is 0. The number of rotatable bonds is 3. The van der Waals surface area contributed by atoms with Crippen molar-refractivity contribution in [3.63, 3.8) is 0 Å². The smallest absolute Gasteiger partial charge is 0.122 e. The summed E-state index contributed by atoms with van der Waals surface area (Å²) in [6.45, 7) is 9.23. The fourth-order valence-electron chi connectivity index (χ4n) is 1.83. The monoisotopic (exact) mass is 233 g/mol. The predicted octanol–water partition coefficient (Wildman–Crippen LogP) is 3.27. The van der Waals surface area contributed by atoms with Gasteiger partial charge in [0, 0.05) is 12.1 Å². The third-order valence-corrected chi connectivity index (χ3v) is 2.83. The van der Waals surface area contributed by atoms with Crippen molar-refractivity contribution in [2.24, 2.45) is 5.73 Å². The predicted molar refractivity (Wildman–Crippen MR) is 74.5 cm³/mol. The summed E-state index contributed by atoms with van der Waals surface area (Å²) in [5, 5.41) is 0. The molecule has 2 heteroatoms. The minimum atomic E-state index is 0.0738. The van der Waals surface area contributed by atoms with Crippen LogP contribution in [0.1, 0.15) is 37.5 Å². The maximum Gasteiger partial charge on any atom is 0.122 e. The number of nitrogens with two attached hydrogens (primary N) is 1. The summed E-state index contributed by atoms with van der Waals surface area (Å²) in [6.07, 6.45) is 4.05. The van der Waals surface area contributed by atoms with Crippen molar-refractivity contribution in [3.8, 4) is 5.75 Å². The molecule has 0 saturated heterocycles. The van der Waals surface area contributed by atoms with Crippen LogP contribution in [0.5, 0.6) is 5.75 Å². The maximum absolute atomic E-state index is 5.49. The van der Waals surface area contributed by atoms with Gasteiger partial charge in [-0.1, -0.05) is 32.9 Å². The Morgan fingerprint density at radius 3 is 2.41 bits per heavy atom. The van der Waals surface area contributed by atoms with Crippen LogP contribution in [0.2, 0.25) is 0 Å². The Kier molecular flexibility index (Phi) is 4.35. The van der Waals surface area contributed by atoms with Gasteiger partial charge in [0.05, 0.1) is 7.11 Å². The number of hydrogen-bond acceptors (Lipinski definition) is 2. The van der Waals surface area contributed by atoms with E-state index in [1.165, 1.54) is 16.7 Å². The molecule has 0 aliphatic carbocycles. The quantitative estimate of drug-likeness (QED) is 0.869. The Morgan fingerprint density at radius 2 is 1.94 bits per heavy atom. The van der Waals surface area contributed by atoms with Gasteiger partial charge in [0.1, 0.15) is 5.75 Å². The highest BCUT2D eigenvalue weighted by molar-refractivity contribution is 5.59. The van der Waals surface area contributed by atoms with Crippen LogP contribution in [0.25, 0.3) is 6.08 Å². The van der Waals surface area contributed by atoms with Crippen LogP contribution in [0.4, 0.5) is 0 Å². The van der Waals surface area contributed by atoms with Crippen LogP contribution in [-0.4, -0.2) is 13.7 Å². The number of aryl methyl sites for hydroxylation is 1. The van der Waals surface area contributed by atoms with Crippen molar-refractivity contribution in [1.29, 1.82) is 0 Å². The van der Waals surface area contributed by atoms with E-state index in [1.807, 2.05) is 6.08 Å². The van der Waals surface area contributed by atoms with E-state index in [4.69, 9.17) is 10.5 Å². The number of ether oxygens (including phenoxy) is 1. The topological polar surface area (TPSA) is 35.2 Å². The molecule has 0 spiro atoms. The summed E-state index contributed by atoms with van der Waals surface area (Å²) in [5.41, 5.74) is 9.21. The molecule has 0 atom stereocenters. The van der Waals surface area contributed by atoms with E-state index in [-0.39, 0.29) is 5.41 Å². The average Bonchev–Trinajstić information content (AvgIpc) is 2.25. The van der Waals surface area contributed by atoms with Crippen molar-refractivity contribution in [2.75, 3.05) is 13.7 Å². The molecular weight excluding hydrogens is 210 g/mol. The van der Waals surface area contributed by atoms with Crippen LogP contribution in [0.3, 0.4) is 0 Å². The Hall–Kier alpha value is -1.28. The molecule has 0 amide bonds. The van der Waals surface area contributed by atoms with E-state index in [1.54, 1.807) is 7.11 Å². The molecule has 0 aliphatic rings. The van der Waals surface area contributed by atoms with Crippen LogP contribution < -0.4 is 10.5 Å². The first-order valence-electron chi connectivity index (χ1n) is 5.96. The van der Waals surface area contributed by atoms with Gasteiger partial charge in [0.25, 0.3) is 0 Å². The highest BCUT2D eigenvalue weighted by atomic mass is 16.5. The van der Waals surface area contributed by atoms with Gasteiger partial charge in [0.15, 0.2) is 0 Å². The molecule has 0 aromatic heterocycles. The zero-order valence-electron chi connectivity index (χ0n) is 11.5. The van der Waals surface area contributed by atoms with Gasteiger partial charge in [0.2, 0.25) is 0 Å². The van der Waals surface area contributed by atoms with Crippen molar-refractivity contribution in [1.82, 2.24) is 0 Å². The molecule has 1 rings (SSSR count). The average molecular weight is 233 g/mol. The highest BCUT2D eigenvalue weighted by Gasteiger charge is 2.19. The lowest BCUT2D eigenvalue weighted by molar-refractivity contribution is 0.397. The van der Waals surface area contributed by atoms with E-state index in [9.17, 15) is 0 Å². The van der Waals surface area contributed by atoms with Crippen molar-refractivity contribution < 1.29 is 4.74 Å². The third-order valence-electron chi connectivity index (χ3n) is 2.83. The summed E-state index contributed by atoms with van der Waals surface area (Å²) in [5.74, 6) is 0.958. The van der Waals surface area contributed by atoms with Gasteiger partial charge >= 0.3 is 0 Å². The molecule has 0 saturated carbocycles. The normalized spacial score (nSPS) is 12.1. The van der Waals surface area contributed by atoms with E-state index in [0.29, 0.717) is 6.54 Å². The maximum atomic E-state index is 5.49. The van der Waals surface area contributed by atoms with E-state index >= 15 is 0 Å². The number of hydrogen-bond donors (Lipinski definition) is 1. The first-order valence-corrected chi connectivity index (χ1v) is 5.96. The lowest BCUT2D eigenvalue weighted by Crippen LogP contribution is -2.13. The molecule has 0 fully saturated rings. The van der Waals surface area contributed by atoms with E-state index < -0.39 is 0 Å². The van der Waals surface area contributed by atoms with E-state index in [2.05, 4.69) is 45.9 Å². The van der Waals surface area contributed by atoms with Crippen molar-refractivity contribution in [2.45, 2.75) is 33.1 Å². The fraction of sp³-hybridized carbons (Fsp3) is 0.467. The zero-order chi connectivity index (χ0) is 13.1. The molecule has 2 N–H and O–H groups in total. The van der Waals surface area contributed by atoms with Crippen LogP contribution in [0, 0.1) is 6.92 Å². The standard InChI is InChI=1S/C15H23NO/c1-11-9-14(17-5)13(15(2,3)4)10-12(11)7-6-8-16/h6-7,9-10H,8,16H2,1-5H3/b7-6+. The van der Waals surface area contributed by atoms with Crippen molar-refractivity contribution in [3.05, 3.63) is 34.9 Å². The van der Waals surface area contributed by atoms with Crippen molar-refractivity contribution >= 4 is 6.08 Å². The Labute approximate surface area is 104 Å². The molecule has 0 bridgehead atoms. The van der Waals surface area contributed by atoms with Gasteiger partial charge in [-0.3, -0.25) is 0 Å². The van der Waals surface area contributed by atoms with Crippen LogP contribution in [-0.2, 0) is 5.41 Å². The fourth-order valence-corrected chi connectivity index (χ4v) is 1.83. The number of methoxy groups -OCH3 is 1. The van der Waals surface area contributed by atoms with Gasteiger partial charge < -0.3 is 10.5 Å².